The van der Waals surface area contributed by atoms with Gasteiger partial charge in [-0.2, -0.15) is 9.90 Å². The summed E-state index contributed by atoms with van der Waals surface area (Å²) in [6.45, 7) is 1.43. The maximum Gasteiger partial charge on any atom is 0.276 e. The lowest BCUT2D eigenvalue weighted by Gasteiger charge is -2.32. The molecule has 1 aromatic carbocycles. The van der Waals surface area contributed by atoms with Crippen molar-refractivity contribution >= 4 is 5.91 Å². The summed E-state index contributed by atoms with van der Waals surface area (Å²) in [6, 6.07) is 9.85. The molecule has 0 unspecified atom stereocenters. The number of likely N-dealkylation sites (tertiary alicyclic amines) is 1. The Labute approximate surface area is 139 Å². The van der Waals surface area contributed by atoms with Gasteiger partial charge in [-0.3, -0.25) is 4.79 Å². The van der Waals surface area contributed by atoms with Crippen molar-refractivity contribution in [1.82, 2.24) is 29.4 Å². The Kier molecular flexibility index (Phi) is 3.82. The van der Waals surface area contributed by atoms with Crippen LogP contribution in [0.15, 0.2) is 55.2 Å². The molecule has 1 amide bonds. The molecule has 7 nitrogen and oxygen atoms in total. The van der Waals surface area contributed by atoms with Gasteiger partial charge in [-0.15, -0.1) is 5.10 Å². The van der Waals surface area contributed by atoms with Crippen LogP contribution in [0.1, 0.15) is 29.4 Å². The van der Waals surface area contributed by atoms with Crippen molar-refractivity contribution < 1.29 is 4.79 Å². The molecule has 0 saturated carbocycles. The predicted octanol–water partition coefficient (Wildman–Crippen LogP) is 1.94. The zero-order valence-corrected chi connectivity index (χ0v) is 13.2. The molecule has 7 heteroatoms. The third-order valence-electron chi connectivity index (χ3n) is 4.33. The molecular formula is C17H18N6O. The van der Waals surface area contributed by atoms with Gasteiger partial charge in [0.25, 0.3) is 5.91 Å². The quantitative estimate of drug-likeness (QED) is 0.739. The monoisotopic (exact) mass is 322 g/mol. The number of hydrogen-bond acceptors (Lipinski definition) is 4. The first-order valence-electron chi connectivity index (χ1n) is 8.06. The summed E-state index contributed by atoms with van der Waals surface area (Å²) in [5, 5.41) is 8.55. The summed E-state index contributed by atoms with van der Waals surface area (Å²) < 4.78 is 2.07. The molecule has 1 aliphatic rings. The summed E-state index contributed by atoms with van der Waals surface area (Å²) in [4.78, 5) is 20.2. The standard InChI is InChI=1S/C17H18N6O/c24-17(16-11-19-23(20-16)14-5-2-1-3-6-14)21-9-4-7-15(12-21)22-10-8-18-13-22/h1-3,5-6,8,10-11,13,15H,4,7,9,12H2/t15-/m0/s1. The van der Waals surface area contributed by atoms with Crippen LogP contribution in [-0.4, -0.2) is 48.4 Å². The normalized spacial score (nSPS) is 17.8. The third-order valence-corrected chi connectivity index (χ3v) is 4.33. The molecule has 0 N–H and O–H groups in total. The minimum atomic E-state index is -0.0676. The molecule has 1 atom stereocenters. The van der Waals surface area contributed by atoms with Gasteiger partial charge in [0.05, 0.1) is 24.3 Å². The van der Waals surface area contributed by atoms with E-state index in [4.69, 9.17) is 0 Å². The summed E-state index contributed by atoms with van der Waals surface area (Å²) in [5.41, 5.74) is 1.22. The number of carbonyl (C=O) groups is 1. The van der Waals surface area contributed by atoms with Crippen molar-refractivity contribution in [3.63, 3.8) is 0 Å². The molecule has 1 fully saturated rings. The number of rotatable bonds is 3. The van der Waals surface area contributed by atoms with E-state index in [-0.39, 0.29) is 11.9 Å². The molecule has 0 aliphatic carbocycles. The Morgan fingerprint density at radius 3 is 2.88 bits per heavy atom. The molecule has 1 saturated heterocycles. The van der Waals surface area contributed by atoms with E-state index in [1.807, 2.05) is 47.8 Å². The number of amides is 1. The maximum atomic E-state index is 12.7. The Morgan fingerprint density at radius 2 is 2.08 bits per heavy atom. The van der Waals surface area contributed by atoms with Gasteiger partial charge in [-0.25, -0.2) is 4.98 Å². The van der Waals surface area contributed by atoms with E-state index in [9.17, 15) is 4.79 Å². The smallest absolute Gasteiger partial charge is 0.276 e. The molecule has 0 radical (unpaired) electrons. The minimum absolute atomic E-state index is 0.0676. The average molecular weight is 322 g/mol. The predicted molar refractivity (Wildman–Crippen MR) is 87.8 cm³/mol. The van der Waals surface area contributed by atoms with Gasteiger partial charge < -0.3 is 9.47 Å². The van der Waals surface area contributed by atoms with E-state index in [1.165, 1.54) is 11.0 Å². The minimum Gasteiger partial charge on any atom is -0.335 e. The number of imidazole rings is 1. The number of piperidine rings is 1. The van der Waals surface area contributed by atoms with Gasteiger partial charge in [0, 0.05) is 25.5 Å². The highest BCUT2D eigenvalue weighted by atomic mass is 16.2. The highest BCUT2D eigenvalue weighted by molar-refractivity contribution is 5.92. The van der Waals surface area contributed by atoms with Crippen LogP contribution in [-0.2, 0) is 0 Å². The van der Waals surface area contributed by atoms with E-state index in [0.717, 1.165) is 25.1 Å². The van der Waals surface area contributed by atoms with Crippen LogP contribution in [0.3, 0.4) is 0 Å². The van der Waals surface area contributed by atoms with Crippen molar-refractivity contribution in [3.05, 3.63) is 60.9 Å². The maximum absolute atomic E-state index is 12.7. The fourth-order valence-electron chi connectivity index (χ4n) is 3.08. The molecule has 1 aliphatic heterocycles. The lowest BCUT2D eigenvalue weighted by atomic mass is 10.1. The van der Waals surface area contributed by atoms with Crippen molar-refractivity contribution in [3.8, 4) is 5.69 Å². The van der Waals surface area contributed by atoms with Crippen molar-refractivity contribution in [2.75, 3.05) is 13.1 Å². The number of para-hydroxylation sites is 1. The van der Waals surface area contributed by atoms with Crippen molar-refractivity contribution in [2.45, 2.75) is 18.9 Å². The van der Waals surface area contributed by atoms with Gasteiger partial charge in [-0.1, -0.05) is 18.2 Å². The molecule has 2 aromatic heterocycles. The SMILES string of the molecule is O=C(c1cnn(-c2ccccc2)n1)N1CCC[C@H](n2ccnc2)C1. The van der Waals surface area contributed by atoms with E-state index in [0.29, 0.717) is 12.2 Å². The van der Waals surface area contributed by atoms with E-state index in [2.05, 4.69) is 19.7 Å². The number of carbonyl (C=O) groups excluding carboxylic acids is 1. The van der Waals surface area contributed by atoms with Gasteiger partial charge in [-0.05, 0) is 25.0 Å². The largest absolute Gasteiger partial charge is 0.335 e. The van der Waals surface area contributed by atoms with Crippen LogP contribution < -0.4 is 0 Å². The first kappa shape index (κ1) is 14.6. The highest BCUT2D eigenvalue weighted by Gasteiger charge is 2.26. The fraction of sp³-hybridized carbons (Fsp3) is 0.294. The molecule has 24 heavy (non-hydrogen) atoms. The molecule has 4 rings (SSSR count). The summed E-state index contributed by atoms with van der Waals surface area (Å²) >= 11 is 0. The number of benzene rings is 1. The summed E-state index contributed by atoms with van der Waals surface area (Å²) in [5.74, 6) is -0.0676. The first-order chi connectivity index (χ1) is 11.8. The zero-order chi connectivity index (χ0) is 16.4. The van der Waals surface area contributed by atoms with Crippen LogP contribution in [0.5, 0.6) is 0 Å². The van der Waals surface area contributed by atoms with Crippen LogP contribution in [0.2, 0.25) is 0 Å². The van der Waals surface area contributed by atoms with Gasteiger partial charge in [0.1, 0.15) is 0 Å². The van der Waals surface area contributed by atoms with E-state index < -0.39 is 0 Å². The third kappa shape index (κ3) is 2.80. The second-order valence-electron chi connectivity index (χ2n) is 5.91. The number of aromatic nitrogens is 5. The lowest BCUT2D eigenvalue weighted by molar-refractivity contribution is 0.0673. The molecule has 0 spiro atoms. The van der Waals surface area contributed by atoms with Gasteiger partial charge in [0.2, 0.25) is 0 Å². The van der Waals surface area contributed by atoms with E-state index in [1.54, 1.807) is 6.20 Å². The van der Waals surface area contributed by atoms with Crippen LogP contribution in [0.4, 0.5) is 0 Å². The average Bonchev–Trinajstić information content (AvgIpc) is 3.34. The molecule has 3 heterocycles. The second kappa shape index (κ2) is 6.27. The second-order valence-corrected chi connectivity index (χ2v) is 5.91. The van der Waals surface area contributed by atoms with Crippen LogP contribution in [0.25, 0.3) is 5.69 Å². The summed E-state index contributed by atoms with van der Waals surface area (Å²) in [6.07, 6.45) is 9.09. The topological polar surface area (TPSA) is 68.8 Å². The van der Waals surface area contributed by atoms with Crippen molar-refractivity contribution in [1.29, 1.82) is 0 Å². The number of nitrogens with zero attached hydrogens (tertiary/aromatic N) is 6. The fourth-order valence-corrected chi connectivity index (χ4v) is 3.08. The van der Waals surface area contributed by atoms with Gasteiger partial charge >= 0.3 is 0 Å². The highest BCUT2D eigenvalue weighted by Crippen LogP contribution is 2.22. The Bertz CT molecular complexity index is 811. The first-order valence-corrected chi connectivity index (χ1v) is 8.06. The van der Waals surface area contributed by atoms with Gasteiger partial charge in [0.15, 0.2) is 5.69 Å². The lowest BCUT2D eigenvalue weighted by Crippen LogP contribution is -2.40. The molecular weight excluding hydrogens is 304 g/mol. The van der Waals surface area contributed by atoms with Crippen LogP contribution in [0, 0.1) is 0 Å². The molecule has 0 bridgehead atoms. The Morgan fingerprint density at radius 1 is 1.21 bits per heavy atom. The Balaban J connectivity index is 1.50. The molecule has 122 valence electrons. The molecule has 3 aromatic rings. The Hall–Kier alpha value is -2.96. The summed E-state index contributed by atoms with van der Waals surface area (Å²) in [7, 11) is 0. The zero-order valence-electron chi connectivity index (χ0n) is 13.2. The van der Waals surface area contributed by atoms with Crippen molar-refractivity contribution in [2.24, 2.45) is 0 Å². The van der Waals surface area contributed by atoms with Crippen LogP contribution >= 0.6 is 0 Å². The number of hydrogen-bond donors (Lipinski definition) is 0. The van der Waals surface area contributed by atoms with E-state index >= 15 is 0 Å².